The largest absolute Gasteiger partial charge is 0.478 e. The first-order valence-corrected chi connectivity index (χ1v) is 16.6. The Morgan fingerprint density at radius 3 is 1.45 bits per heavy atom. The van der Waals surface area contributed by atoms with Crippen molar-refractivity contribution in [2.75, 3.05) is 88.7 Å². The second-order valence-corrected chi connectivity index (χ2v) is 12.7. The fourth-order valence-electron chi connectivity index (χ4n) is 5.48. The molecule has 1 N–H and O–H groups in total. The normalized spacial score (nSPS) is 17.0. The van der Waals surface area contributed by atoms with Crippen LogP contribution < -0.4 is 20.7 Å². The van der Waals surface area contributed by atoms with Gasteiger partial charge in [0.05, 0.1) is 64.9 Å². The van der Waals surface area contributed by atoms with E-state index < -0.39 is 5.97 Å². The number of amides is 1. The Morgan fingerprint density at radius 2 is 1.00 bits per heavy atom. The zero-order valence-electron chi connectivity index (χ0n) is 25.2. The fraction of sp³-hybridized carbons (Fsp3) is 0.375. The number of nitrogens with zero attached hydrogens (tertiary/aromatic N) is 3. The van der Waals surface area contributed by atoms with Gasteiger partial charge in [-0.05, 0) is 56.1 Å². The molecule has 2 aromatic carbocycles. The van der Waals surface area contributed by atoms with Crippen LogP contribution in [0, 0.1) is 0 Å². The van der Waals surface area contributed by atoms with Gasteiger partial charge in [-0.15, -0.1) is 0 Å². The second-order valence-electron chi connectivity index (χ2n) is 11.0. The lowest BCUT2D eigenvalue weighted by molar-refractivity contribution is 0.0303. The van der Waals surface area contributed by atoms with Crippen LogP contribution in [0.5, 0.6) is 0 Å². The van der Waals surface area contributed by atoms with E-state index in [1.54, 1.807) is 17.0 Å². The molecule has 3 saturated heterocycles. The smallest absolute Gasteiger partial charge is 0.335 e. The van der Waals surface area contributed by atoms with Gasteiger partial charge in [-0.25, -0.2) is 4.79 Å². The number of ether oxygens (including phenoxy) is 3. The Balaban J connectivity index is 0.000000168. The second kappa shape index (κ2) is 14.6. The van der Waals surface area contributed by atoms with Crippen molar-refractivity contribution in [2.45, 2.75) is 0 Å². The number of aromatic carboxylic acids is 1. The van der Waals surface area contributed by atoms with Gasteiger partial charge in [-0.3, -0.25) is 14.4 Å². The van der Waals surface area contributed by atoms with Crippen molar-refractivity contribution >= 4 is 77.4 Å². The van der Waals surface area contributed by atoms with E-state index in [-0.39, 0.29) is 27.7 Å². The molecule has 5 heterocycles. The quantitative estimate of drug-likeness (QED) is 0.320. The van der Waals surface area contributed by atoms with E-state index in [9.17, 15) is 19.2 Å². The van der Waals surface area contributed by atoms with Gasteiger partial charge in [-0.1, -0.05) is 0 Å². The predicted molar refractivity (Wildman–Crippen MR) is 180 cm³/mol. The van der Waals surface area contributed by atoms with E-state index in [0.29, 0.717) is 122 Å². The summed E-state index contributed by atoms with van der Waals surface area (Å²) in [6.07, 6.45) is 0. The monoisotopic (exact) mass is 775 g/mol. The standard InChI is InChI=1S/C18H19BrN2O5.C14H12BrNO5/c19-14-10-12(18(23)21-3-7-25-8-4-21)9-13-15(22)11-16(26-17(13)14)20-1-5-24-6-2-20;15-10-6-8(14(18)19)5-9-11(17)7-12(21-13(9)10)16-1-3-20-4-2-16/h9-11H,1-8H2;5-7H,1-4H2,(H,18,19). The third-order valence-corrected chi connectivity index (χ3v) is 9.16. The Morgan fingerprint density at radius 1 is 0.596 bits per heavy atom. The first-order chi connectivity index (χ1) is 22.7. The summed E-state index contributed by atoms with van der Waals surface area (Å²) in [6, 6.07) is 8.97. The minimum atomic E-state index is -1.09. The molecule has 4 aromatic rings. The van der Waals surface area contributed by atoms with Crippen molar-refractivity contribution in [2.24, 2.45) is 0 Å². The van der Waals surface area contributed by atoms with Crippen LogP contribution in [0.4, 0.5) is 11.8 Å². The van der Waals surface area contributed by atoms with Crippen molar-refractivity contribution in [1.29, 1.82) is 0 Å². The van der Waals surface area contributed by atoms with E-state index in [0.717, 1.165) is 0 Å². The van der Waals surface area contributed by atoms with Gasteiger partial charge in [-0.2, -0.15) is 0 Å². The number of carbonyl (C=O) groups is 2. The van der Waals surface area contributed by atoms with Gasteiger partial charge in [0.1, 0.15) is 0 Å². The Kier molecular flexibility index (Phi) is 10.3. The number of benzene rings is 2. The number of fused-ring (bicyclic) bond motifs is 2. The highest BCUT2D eigenvalue weighted by molar-refractivity contribution is 9.11. The molecule has 3 fully saturated rings. The zero-order valence-corrected chi connectivity index (χ0v) is 28.3. The first kappa shape index (κ1) is 33.2. The lowest BCUT2D eigenvalue weighted by Gasteiger charge is -2.28. The van der Waals surface area contributed by atoms with Crippen molar-refractivity contribution in [1.82, 2.24) is 4.90 Å². The summed E-state index contributed by atoms with van der Waals surface area (Å²) < 4.78 is 28.7. The number of hydrogen-bond donors (Lipinski definition) is 1. The van der Waals surface area contributed by atoms with E-state index in [1.165, 1.54) is 24.3 Å². The van der Waals surface area contributed by atoms with Crippen LogP contribution in [0.25, 0.3) is 21.9 Å². The number of carbonyl (C=O) groups excluding carboxylic acids is 1. The van der Waals surface area contributed by atoms with E-state index in [4.69, 9.17) is 28.2 Å². The summed E-state index contributed by atoms with van der Waals surface area (Å²) in [5.74, 6) is -0.194. The van der Waals surface area contributed by atoms with Crippen molar-refractivity contribution in [3.05, 3.63) is 76.9 Å². The summed E-state index contributed by atoms with van der Waals surface area (Å²) in [5, 5.41) is 9.69. The third-order valence-electron chi connectivity index (χ3n) is 7.98. The minimum absolute atomic E-state index is 0.0424. The topological polar surface area (TPSA) is 152 Å². The van der Waals surface area contributed by atoms with Gasteiger partial charge >= 0.3 is 5.97 Å². The van der Waals surface area contributed by atoms with Crippen LogP contribution in [-0.4, -0.2) is 101 Å². The summed E-state index contributed by atoms with van der Waals surface area (Å²) in [7, 11) is 0. The lowest BCUT2D eigenvalue weighted by atomic mass is 10.1. The van der Waals surface area contributed by atoms with E-state index >= 15 is 0 Å². The van der Waals surface area contributed by atoms with Gasteiger partial charge in [0, 0.05) is 57.0 Å². The summed E-state index contributed by atoms with van der Waals surface area (Å²) in [5.41, 5.74) is 0.900. The van der Waals surface area contributed by atoms with E-state index in [1.807, 2.05) is 9.80 Å². The van der Waals surface area contributed by atoms with Crippen LogP contribution in [0.2, 0.25) is 0 Å². The molecular weight excluding hydrogens is 746 g/mol. The molecule has 0 atom stereocenters. The number of anilines is 2. The molecule has 47 heavy (non-hydrogen) atoms. The fourth-order valence-corrected chi connectivity index (χ4v) is 6.57. The minimum Gasteiger partial charge on any atom is -0.478 e. The Hall–Kier alpha value is -3.76. The van der Waals surface area contributed by atoms with Gasteiger partial charge in [0.25, 0.3) is 5.91 Å². The number of halogens is 2. The highest BCUT2D eigenvalue weighted by atomic mass is 79.9. The van der Waals surface area contributed by atoms with Gasteiger partial charge < -0.3 is 42.9 Å². The van der Waals surface area contributed by atoms with Crippen molar-refractivity contribution < 1.29 is 37.7 Å². The summed E-state index contributed by atoms with van der Waals surface area (Å²) >= 11 is 6.73. The SMILES string of the molecule is O=C(O)c1cc(Br)c2oc(N3CCOCC3)cc(=O)c2c1.O=C(c1cc(Br)c2oc(N3CCOCC3)cc(=O)c2c1)N1CCOCC1. The molecule has 0 unspecified atom stereocenters. The van der Waals surface area contributed by atoms with Crippen LogP contribution in [0.1, 0.15) is 20.7 Å². The summed E-state index contributed by atoms with van der Waals surface area (Å²) in [6.45, 7) is 7.22. The molecule has 3 aliphatic rings. The number of carboxylic acid groups (broad SMARTS) is 1. The average molecular weight is 777 g/mol. The maximum atomic E-state index is 12.7. The van der Waals surface area contributed by atoms with Gasteiger partial charge in [0.2, 0.25) is 0 Å². The molecule has 1 amide bonds. The van der Waals surface area contributed by atoms with Crippen molar-refractivity contribution in [3.63, 3.8) is 0 Å². The lowest BCUT2D eigenvalue weighted by Crippen LogP contribution is -2.40. The van der Waals surface area contributed by atoms with Gasteiger partial charge in [0.15, 0.2) is 33.8 Å². The molecule has 15 heteroatoms. The number of morpholine rings is 3. The average Bonchev–Trinajstić information content (AvgIpc) is 3.09. The number of carboxylic acids is 1. The van der Waals surface area contributed by atoms with Crippen LogP contribution >= 0.6 is 31.9 Å². The molecular formula is C32H31Br2N3O10. The highest BCUT2D eigenvalue weighted by Crippen LogP contribution is 2.30. The first-order valence-electron chi connectivity index (χ1n) is 15.0. The Bertz CT molecular complexity index is 1930. The Labute approximate surface area is 284 Å². The summed E-state index contributed by atoms with van der Waals surface area (Å²) in [4.78, 5) is 54.3. The molecule has 2 aromatic heterocycles. The maximum absolute atomic E-state index is 12.7. The molecule has 13 nitrogen and oxygen atoms in total. The molecule has 248 valence electrons. The van der Waals surface area contributed by atoms with Crippen LogP contribution in [0.15, 0.2) is 63.8 Å². The number of rotatable bonds is 4. The highest BCUT2D eigenvalue weighted by Gasteiger charge is 2.23. The van der Waals surface area contributed by atoms with Crippen molar-refractivity contribution in [3.8, 4) is 0 Å². The molecule has 0 spiro atoms. The molecule has 0 radical (unpaired) electrons. The molecule has 0 aliphatic carbocycles. The molecule has 7 rings (SSSR count). The maximum Gasteiger partial charge on any atom is 0.335 e. The van der Waals surface area contributed by atoms with Crippen LogP contribution in [-0.2, 0) is 14.2 Å². The van der Waals surface area contributed by atoms with E-state index in [2.05, 4.69) is 31.9 Å². The number of hydrogen-bond acceptors (Lipinski definition) is 11. The molecule has 0 bridgehead atoms. The molecule has 3 aliphatic heterocycles. The predicted octanol–water partition coefficient (Wildman–Crippen LogP) is 3.95. The third kappa shape index (κ3) is 7.38. The van der Waals surface area contributed by atoms with Crippen LogP contribution in [0.3, 0.4) is 0 Å². The zero-order chi connectivity index (χ0) is 33.1. The molecule has 0 saturated carbocycles.